The van der Waals surface area contributed by atoms with Gasteiger partial charge in [0, 0.05) is 12.1 Å². The Morgan fingerprint density at radius 1 is 0.828 bits per heavy atom. The third kappa shape index (κ3) is 6.31. The Hall–Kier alpha value is -1.86. The monoisotopic (exact) mass is 413 g/mol. The van der Waals surface area contributed by atoms with E-state index in [-0.39, 0.29) is 33.0 Å². The summed E-state index contributed by atoms with van der Waals surface area (Å²) in [5, 5.41) is 0.699. The summed E-state index contributed by atoms with van der Waals surface area (Å²) < 4.78 is 28.0. The molecule has 2 rings (SSSR count). The minimum atomic E-state index is -0.234. The van der Waals surface area contributed by atoms with Crippen LogP contribution in [0.5, 0.6) is 28.7 Å². The van der Waals surface area contributed by atoms with Gasteiger partial charge in [0.25, 0.3) is 0 Å². The van der Waals surface area contributed by atoms with E-state index in [2.05, 4.69) is 0 Å². The van der Waals surface area contributed by atoms with E-state index >= 15 is 0 Å². The van der Waals surface area contributed by atoms with Crippen LogP contribution in [0, 0.1) is 0 Å². The molecular weight excluding hydrogens is 386 g/mol. The standard InChI is InChI=1S/C21H27O6P.Li/c1-6-25-14-12-17(26-7-2)20(18(13-14)27-8-3)28-21(22)19-15(23-4)10-9-11-16(19)24-5;/h9-13,28H,6-8H2,1-5H3;/q;+1. The van der Waals surface area contributed by atoms with E-state index in [1.165, 1.54) is 14.2 Å². The van der Waals surface area contributed by atoms with Crippen molar-refractivity contribution in [1.82, 2.24) is 0 Å². The average molecular weight is 413 g/mol. The van der Waals surface area contributed by atoms with Crippen molar-refractivity contribution in [3.8, 4) is 28.7 Å². The van der Waals surface area contributed by atoms with Crippen molar-refractivity contribution in [3.05, 3.63) is 35.9 Å². The van der Waals surface area contributed by atoms with Crippen LogP contribution in [0.1, 0.15) is 31.1 Å². The summed E-state index contributed by atoms with van der Waals surface area (Å²) in [5.41, 5.74) is 0.282. The zero-order chi connectivity index (χ0) is 20.5. The third-order valence-corrected chi connectivity index (χ3v) is 5.06. The Morgan fingerprint density at radius 3 is 1.72 bits per heavy atom. The number of hydrogen-bond donors (Lipinski definition) is 0. The molecule has 0 fully saturated rings. The van der Waals surface area contributed by atoms with Crippen molar-refractivity contribution in [2.75, 3.05) is 34.0 Å². The third-order valence-electron chi connectivity index (χ3n) is 3.84. The number of methoxy groups -OCH3 is 2. The zero-order valence-electron chi connectivity index (χ0n) is 18.0. The number of rotatable bonds is 11. The normalized spacial score (nSPS) is 10.4. The van der Waals surface area contributed by atoms with Gasteiger partial charge >= 0.3 is 18.9 Å². The molecule has 29 heavy (non-hydrogen) atoms. The van der Waals surface area contributed by atoms with Gasteiger partial charge in [-0.1, -0.05) is 6.07 Å². The van der Waals surface area contributed by atoms with Crippen LogP contribution < -0.4 is 47.8 Å². The van der Waals surface area contributed by atoms with Gasteiger partial charge in [-0.05, 0) is 41.5 Å². The fraction of sp³-hybridized carbons (Fsp3) is 0.381. The summed E-state index contributed by atoms with van der Waals surface area (Å²) in [6.07, 6.45) is 0. The van der Waals surface area contributed by atoms with Crippen LogP contribution in [-0.2, 0) is 0 Å². The van der Waals surface area contributed by atoms with E-state index < -0.39 is 0 Å². The molecule has 152 valence electrons. The van der Waals surface area contributed by atoms with Crippen LogP contribution in [-0.4, -0.2) is 39.6 Å². The summed E-state index contributed by atoms with van der Waals surface area (Å²) in [6, 6.07) is 8.86. The summed E-state index contributed by atoms with van der Waals surface area (Å²) in [7, 11) is 2.83. The van der Waals surface area contributed by atoms with Gasteiger partial charge in [-0.15, -0.1) is 0 Å². The van der Waals surface area contributed by atoms with E-state index in [1.807, 2.05) is 20.8 Å². The number of benzene rings is 2. The van der Waals surface area contributed by atoms with E-state index in [4.69, 9.17) is 23.7 Å². The molecule has 0 aromatic heterocycles. The molecule has 2 aromatic rings. The molecule has 0 amide bonds. The van der Waals surface area contributed by atoms with Gasteiger partial charge in [0.1, 0.15) is 34.3 Å². The molecule has 0 aliphatic rings. The fourth-order valence-electron chi connectivity index (χ4n) is 2.73. The molecule has 0 bridgehead atoms. The van der Waals surface area contributed by atoms with E-state index in [0.29, 0.717) is 59.4 Å². The Kier molecular flexibility index (Phi) is 11.0. The van der Waals surface area contributed by atoms with Crippen molar-refractivity contribution in [2.45, 2.75) is 20.8 Å². The molecule has 1 unspecified atom stereocenters. The van der Waals surface area contributed by atoms with Crippen molar-refractivity contribution in [1.29, 1.82) is 0 Å². The van der Waals surface area contributed by atoms with Gasteiger partial charge in [-0.2, -0.15) is 0 Å². The number of ether oxygens (including phenoxy) is 5. The Bertz CT molecular complexity index is 762. The van der Waals surface area contributed by atoms with Crippen molar-refractivity contribution >= 4 is 19.4 Å². The van der Waals surface area contributed by atoms with E-state index in [0.717, 1.165) is 0 Å². The van der Waals surface area contributed by atoms with Gasteiger partial charge < -0.3 is 23.7 Å². The molecule has 0 spiro atoms. The zero-order valence-corrected chi connectivity index (χ0v) is 19.0. The Labute approximate surface area is 186 Å². The summed E-state index contributed by atoms with van der Waals surface area (Å²) in [6.45, 7) is 7.15. The molecule has 2 aromatic carbocycles. The molecule has 0 saturated heterocycles. The van der Waals surface area contributed by atoms with Gasteiger partial charge in [0.15, 0.2) is 5.52 Å². The first-order valence-electron chi connectivity index (χ1n) is 9.18. The van der Waals surface area contributed by atoms with Crippen LogP contribution in [0.4, 0.5) is 0 Å². The number of carbonyl (C=O) groups excluding carboxylic acids is 1. The van der Waals surface area contributed by atoms with Crippen LogP contribution >= 0.6 is 8.58 Å². The van der Waals surface area contributed by atoms with Crippen LogP contribution in [0.2, 0.25) is 0 Å². The van der Waals surface area contributed by atoms with Crippen LogP contribution in [0.25, 0.3) is 0 Å². The second-order valence-corrected chi connectivity index (χ2v) is 6.79. The average Bonchev–Trinajstić information content (AvgIpc) is 2.70. The predicted octanol–water partition coefficient (Wildman–Crippen LogP) is 1.05. The molecule has 0 radical (unpaired) electrons. The maximum Gasteiger partial charge on any atom is 1.00 e. The van der Waals surface area contributed by atoms with Crippen LogP contribution in [0.15, 0.2) is 30.3 Å². The maximum atomic E-state index is 13.2. The smallest absolute Gasteiger partial charge is 0.496 e. The Morgan fingerprint density at radius 2 is 1.31 bits per heavy atom. The van der Waals surface area contributed by atoms with Gasteiger partial charge in [0.2, 0.25) is 0 Å². The van der Waals surface area contributed by atoms with E-state index in [9.17, 15) is 4.79 Å². The molecule has 0 N–H and O–H groups in total. The quantitative estimate of drug-likeness (QED) is 0.406. The van der Waals surface area contributed by atoms with Crippen LogP contribution in [0.3, 0.4) is 0 Å². The fourth-order valence-corrected chi connectivity index (χ4v) is 3.86. The molecule has 1 atom stereocenters. The topological polar surface area (TPSA) is 63.2 Å². The molecular formula is C21H27LiO6P+. The van der Waals surface area contributed by atoms with E-state index in [1.54, 1.807) is 30.3 Å². The SMILES string of the molecule is CCOc1cc(OCC)c(PC(=O)c2c(OC)cccc2OC)c(OCC)c1.[Li+]. The molecule has 0 aliphatic carbocycles. The predicted molar refractivity (Wildman–Crippen MR) is 112 cm³/mol. The molecule has 0 saturated carbocycles. The maximum absolute atomic E-state index is 13.2. The van der Waals surface area contributed by atoms with Crippen molar-refractivity contribution in [2.24, 2.45) is 0 Å². The molecule has 0 aliphatic heterocycles. The number of hydrogen-bond acceptors (Lipinski definition) is 6. The minimum Gasteiger partial charge on any atom is -0.496 e. The largest absolute Gasteiger partial charge is 1.00 e. The first kappa shape index (κ1) is 25.2. The van der Waals surface area contributed by atoms with Gasteiger partial charge in [-0.3, -0.25) is 4.79 Å². The first-order valence-corrected chi connectivity index (χ1v) is 10.2. The Balaban J connectivity index is 0.00000420. The minimum absolute atomic E-state index is 0. The summed E-state index contributed by atoms with van der Waals surface area (Å²) >= 11 is 0. The second kappa shape index (κ2) is 12.6. The van der Waals surface area contributed by atoms with Crippen molar-refractivity contribution in [3.63, 3.8) is 0 Å². The second-order valence-electron chi connectivity index (χ2n) is 5.59. The molecule has 0 heterocycles. The number of carbonyl (C=O) groups is 1. The first-order chi connectivity index (χ1) is 13.6. The summed E-state index contributed by atoms with van der Waals surface area (Å²) in [5.74, 6) is 2.75. The van der Waals surface area contributed by atoms with Gasteiger partial charge in [0.05, 0.1) is 39.3 Å². The van der Waals surface area contributed by atoms with Gasteiger partial charge in [-0.25, -0.2) is 0 Å². The molecule has 6 nitrogen and oxygen atoms in total. The molecule has 8 heteroatoms. The summed E-state index contributed by atoms with van der Waals surface area (Å²) in [4.78, 5) is 13.2. The van der Waals surface area contributed by atoms with Crippen molar-refractivity contribution < 1.29 is 47.3 Å².